The quantitative estimate of drug-likeness (QED) is 0.514. The molecule has 0 aromatic rings. The summed E-state index contributed by atoms with van der Waals surface area (Å²) in [5.41, 5.74) is -0.355. The minimum absolute atomic E-state index is 0.116. The standard InChI is InChI=1S/C13H24O2/c1-7-9-11(10(3)4)12(14)15-13(5,6)8-2/h7,9-11H,8H2,1-6H3/b9-7+. The van der Waals surface area contributed by atoms with Gasteiger partial charge in [-0.25, -0.2) is 0 Å². The predicted octanol–water partition coefficient (Wildman–Crippen LogP) is 3.57. The van der Waals surface area contributed by atoms with Crippen molar-refractivity contribution in [2.45, 2.75) is 53.6 Å². The second-order valence-corrected chi connectivity index (χ2v) is 4.83. The second-order valence-electron chi connectivity index (χ2n) is 4.83. The zero-order valence-electron chi connectivity index (χ0n) is 10.8. The van der Waals surface area contributed by atoms with Crippen molar-refractivity contribution in [2.24, 2.45) is 11.8 Å². The third-order valence-corrected chi connectivity index (χ3v) is 2.62. The van der Waals surface area contributed by atoms with Gasteiger partial charge in [0, 0.05) is 0 Å². The van der Waals surface area contributed by atoms with Gasteiger partial charge in [0.05, 0.1) is 5.92 Å². The van der Waals surface area contributed by atoms with Crippen LogP contribution in [0, 0.1) is 11.8 Å². The van der Waals surface area contributed by atoms with E-state index in [0.717, 1.165) is 6.42 Å². The number of ether oxygens (including phenoxy) is 1. The number of hydrogen-bond acceptors (Lipinski definition) is 2. The lowest BCUT2D eigenvalue weighted by molar-refractivity contribution is -0.161. The molecule has 0 N–H and O–H groups in total. The topological polar surface area (TPSA) is 26.3 Å². The SMILES string of the molecule is C/C=C/C(C(=O)OC(C)(C)CC)C(C)C. The van der Waals surface area contributed by atoms with E-state index in [1.54, 1.807) is 0 Å². The van der Waals surface area contributed by atoms with Crippen LogP contribution in [-0.2, 0) is 9.53 Å². The van der Waals surface area contributed by atoms with Crippen LogP contribution in [0.3, 0.4) is 0 Å². The van der Waals surface area contributed by atoms with Gasteiger partial charge in [0.25, 0.3) is 0 Å². The van der Waals surface area contributed by atoms with Crippen LogP contribution in [-0.4, -0.2) is 11.6 Å². The van der Waals surface area contributed by atoms with Gasteiger partial charge >= 0.3 is 5.97 Å². The van der Waals surface area contributed by atoms with E-state index in [-0.39, 0.29) is 23.4 Å². The number of carbonyl (C=O) groups is 1. The van der Waals surface area contributed by atoms with Crippen molar-refractivity contribution in [3.8, 4) is 0 Å². The average Bonchev–Trinajstić information content (AvgIpc) is 2.12. The van der Waals surface area contributed by atoms with Gasteiger partial charge in [0.2, 0.25) is 0 Å². The molecule has 0 amide bonds. The summed E-state index contributed by atoms with van der Waals surface area (Å²) < 4.78 is 5.47. The first kappa shape index (κ1) is 14.2. The van der Waals surface area contributed by atoms with Crippen LogP contribution < -0.4 is 0 Å². The Balaban J connectivity index is 4.53. The van der Waals surface area contributed by atoms with E-state index >= 15 is 0 Å². The number of esters is 1. The molecule has 15 heavy (non-hydrogen) atoms. The molecule has 0 radical (unpaired) electrons. The van der Waals surface area contributed by atoms with Gasteiger partial charge in [-0.1, -0.05) is 32.9 Å². The molecule has 0 saturated heterocycles. The monoisotopic (exact) mass is 212 g/mol. The molecule has 0 fully saturated rings. The number of rotatable bonds is 5. The Kier molecular flexibility index (Phi) is 5.63. The van der Waals surface area contributed by atoms with Crippen molar-refractivity contribution >= 4 is 5.97 Å². The third-order valence-electron chi connectivity index (χ3n) is 2.62. The third kappa shape index (κ3) is 5.01. The maximum Gasteiger partial charge on any atom is 0.313 e. The van der Waals surface area contributed by atoms with Gasteiger partial charge in [-0.2, -0.15) is 0 Å². The fourth-order valence-electron chi connectivity index (χ4n) is 1.19. The lowest BCUT2D eigenvalue weighted by Gasteiger charge is -2.26. The highest BCUT2D eigenvalue weighted by molar-refractivity contribution is 5.75. The maximum atomic E-state index is 11.9. The molecule has 0 aliphatic rings. The van der Waals surface area contributed by atoms with E-state index in [2.05, 4.69) is 0 Å². The van der Waals surface area contributed by atoms with Gasteiger partial charge < -0.3 is 4.74 Å². The number of hydrogen-bond donors (Lipinski definition) is 0. The summed E-state index contributed by atoms with van der Waals surface area (Å²) in [6.45, 7) is 11.9. The zero-order chi connectivity index (χ0) is 12.1. The molecular formula is C13H24O2. The van der Waals surface area contributed by atoms with Crippen molar-refractivity contribution in [3.63, 3.8) is 0 Å². The Labute approximate surface area is 93.7 Å². The molecule has 0 aliphatic carbocycles. The molecule has 0 heterocycles. The first-order chi connectivity index (χ1) is 6.84. The lowest BCUT2D eigenvalue weighted by atomic mass is 9.95. The van der Waals surface area contributed by atoms with Crippen LogP contribution in [0.2, 0.25) is 0 Å². The Hall–Kier alpha value is -0.790. The summed E-state index contributed by atoms with van der Waals surface area (Å²) in [7, 11) is 0. The summed E-state index contributed by atoms with van der Waals surface area (Å²) in [6, 6.07) is 0. The Morgan fingerprint density at radius 3 is 2.27 bits per heavy atom. The molecule has 1 unspecified atom stereocenters. The van der Waals surface area contributed by atoms with Crippen molar-refractivity contribution in [1.82, 2.24) is 0 Å². The summed E-state index contributed by atoms with van der Waals surface area (Å²) >= 11 is 0. The van der Waals surface area contributed by atoms with Crippen LogP contribution in [0.1, 0.15) is 48.0 Å². The molecule has 0 saturated carbocycles. The molecule has 2 heteroatoms. The first-order valence-electron chi connectivity index (χ1n) is 5.69. The highest BCUT2D eigenvalue weighted by atomic mass is 16.6. The highest BCUT2D eigenvalue weighted by Crippen LogP contribution is 2.21. The molecule has 0 rings (SSSR count). The predicted molar refractivity (Wildman–Crippen MR) is 63.6 cm³/mol. The number of carbonyl (C=O) groups excluding carboxylic acids is 1. The Morgan fingerprint density at radius 1 is 1.40 bits per heavy atom. The smallest absolute Gasteiger partial charge is 0.313 e. The van der Waals surface area contributed by atoms with Gasteiger partial charge in [-0.15, -0.1) is 0 Å². The number of allylic oxidation sites excluding steroid dienone is 1. The summed E-state index contributed by atoms with van der Waals surface area (Å²) in [5.74, 6) is 0.0390. The molecule has 0 aliphatic heterocycles. The van der Waals surface area contributed by atoms with E-state index in [0.29, 0.717) is 0 Å². The van der Waals surface area contributed by atoms with E-state index in [4.69, 9.17) is 4.74 Å². The van der Waals surface area contributed by atoms with Gasteiger partial charge in [0.1, 0.15) is 5.60 Å². The van der Waals surface area contributed by atoms with Gasteiger partial charge in [-0.05, 0) is 33.1 Å². The van der Waals surface area contributed by atoms with E-state index in [9.17, 15) is 4.79 Å². The van der Waals surface area contributed by atoms with Crippen LogP contribution in [0.5, 0.6) is 0 Å². The summed E-state index contributed by atoms with van der Waals surface area (Å²) in [4.78, 5) is 11.9. The molecule has 0 aromatic carbocycles. The molecule has 88 valence electrons. The normalized spacial score (nSPS) is 14.6. The van der Waals surface area contributed by atoms with Crippen molar-refractivity contribution in [1.29, 1.82) is 0 Å². The fraction of sp³-hybridized carbons (Fsp3) is 0.769. The van der Waals surface area contributed by atoms with Crippen molar-refractivity contribution in [2.75, 3.05) is 0 Å². The summed E-state index contributed by atoms with van der Waals surface area (Å²) in [5, 5.41) is 0. The van der Waals surface area contributed by atoms with E-state index in [1.165, 1.54) is 0 Å². The van der Waals surface area contributed by atoms with Crippen molar-refractivity contribution in [3.05, 3.63) is 12.2 Å². The Morgan fingerprint density at radius 2 is 1.93 bits per heavy atom. The first-order valence-corrected chi connectivity index (χ1v) is 5.69. The van der Waals surface area contributed by atoms with Gasteiger partial charge in [0.15, 0.2) is 0 Å². The van der Waals surface area contributed by atoms with Crippen LogP contribution in [0.25, 0.3) is 0 Å². The fourth-order valence-corrected chi connectivity index (χ4v) is 1.19. The Bertz CT molecular complexity index is 227. The average molecular weight is 212 g/mol. The molecule has 1 atom stereocenters. The molecule has 0 spiro atoms. The lowest BCUT2D eigenvalue weighted by Crippen LogP contribution is -2.32. The molecule has 2 nitrogen and oxygen atoms in total. The minimum atomic E-state index is -0.355. The van der Waals surface area contributed by atoms with E-state index < -0.39 is 0 Å². The molecular weight excluding hydrogens is 188 g/mol. The largest absolute Gasteiger partial charge is 0.459 e. The second kappa shape index (κ2) is 5.94. The van der Waals surface area contributed by atoms with Crippen molar-refractivity contribution < 1.29 is 9.53 Å². The van der Waals surface area contributed by atoms with E-state index in [1.807, 2.05) is 53.7 Å². The minimum Gasteiger partial charge on any atom is -0.459 e. The molecule has 0 bridgehead atoms. The maximum absolute atomic E-state index is 11.9. The summed E-state index contributed by atoms with van der Waals surface area (Å²) in [6.07, 6.45) is 4.66. The van der Waals surface area contributed by atoms with Crippen LogP contribution in [0.15, 0.2) is 12.2 Å². The highest BCUT2D eigenvalue weighted by Gasteiger charge is 2.27. The molecule has 0 aromatic heterocycles. The van der Waals surface area contributed by atoms with Crippen LogP contribution in [0.4, 0.5) is 0 Å². The van der Waals surface area contributed by atoms with Crippen LogP contribution >= 0.6 is 0 Å². The van der Waals surface area contributed by atoms with Gasteiger partial charge in [-0.3, -0.25) is 4.79 Å². The zero-order valence-corrected chi connectivity index (χ0v) is 10.8.